The highest BCUT2D eigenvalue weighted by Crippen LogP contribution is 2.49. The van der Waals surface area contributed by atoms with Crippen LogP contribution in [0.3, 0.4) is 0 Å². The molecular weight excluding hydrogens is 200 g/mol. The van der Waals surface area contributed by atoms with E-state index in [2.05, 4.69) is 5.32 Å². The van der Waals surface area contributed by atoms with Crippen molar-refractivity contribution in [2.24, 2.45) is 29.4 Å². The van der Waals surface area contributed by atoms with Gasteiger partial charge in [-0.1, -0.05) is 6.42 Å². The van der Waals surface area contributed by atoms with Crippen LogP contribution in [-0.2, 0) is 4.79 Å². The molecule has 0 saturated heterocycles. The molecule has 16 heavy (non-hydrogen) atoms. The zero-order valence-electron chi connectivity index (χ0n) is 9.82. The standard InChI is InChI=1S/C13H22N2O/c14-7-8-4-10-6-12(11(10)5-8)15-13(16)9-2-1-3-9/h8-12H,1-7,14H2,(H,15,16). The van der Waals surface area contributed by atoms with Gasteiger partial charge in [0.15, 0.2) is 0 Å². The first-order chi connectivity index (χ1) is 7.78. The molecule has 3 aliphatic carbocycles. The lowest BCUT2D eigenvalue weighted by atomic mass is 9.71. The van der Waals surface area contributed by atoms with E-state index in [1.165, 1.54) is 25.7 Å². The Morgan fingerprint density at radius 3 is 2.69 bits per heavy atom. The summed E-state index contributed by atoms with van der Waals surface area (Å²) < 4.78 is 0. The van der Waals surface area contributed by atoms with Crippen LogP contribution in [0.25, 0.3) is 0 Å². The molecular formula is C13H22N2O. The number of hydrogen-bond acceptors (Lipinski definition) is 2. The van der Waals surface area contributed by atoms with Crippen LogP contribution in [0.15, 0.2) is 0 Å². The number of amides is 1. The first-order valence-electron chi connectivity index (χ1n) is 6.78. The van der Waals surface area contributed by atoms with E-state index in [1.54, 1.807) is 0 Å². The lowest BCUT2D eigenvalue weighted by Crippen LogP contribution is -2.52. The zero-order chi connectivity index (χ0) is 11.1. The van der Waals surface area contributed by atoms with Crippen molar-refractivity contribution in [3.8, 4) is 0 Å². The normalized spacial score (nSPS) is 42.1. The summed E-state index contributed by atoms with van der Waals surface area (Å²) in [5.41, 5.74) is 5.72. The topological polar surface area (TPSA) is 55.1 Å². The van der Waals surface area contributed by atoms with E-state index in [0.717, 1.165) is 37.1 Å². The van der Waals surface area contributed by atoms with Gasteiger partial charge in [-0.2, -0.15) is 0 Å². The third-order valence-electron chi connectivity index (χ3n) is 5.06. The molecule has 0 aromatic rings. The van der Waals surface area contributed by atoms with Crippen LogP contribution in [0.4, 0.5) is 0 Å². The predicted molar refractivity (Wildman–Crippen MR) is 62.6 cm³/mol. The molecule has 1 amide bonds. The van der Waals surface area contributed by atoms with Crippen molar-refractivity contribution in [3.05, 3.63) is 0 Å². The van der Waals surface area contributed by atoms with Gasteiger partial charge >= 0.3 is 0 Å². The van der Waals surface area contributed by atoms with Gasteiger partial charge in [-0.15, -0.1) is 0 Å². The fourth-order valence-electron chi connectivity index (χ4n) is 3.67. The Morgan fingerprint density at radius 1 is 1.25 bits per heavy atom. The quantitative estimate of drug-likeness (QED) is 0.755. The molecule has 3 rings (SSSR count). The van der Waals surface area contributed by atoms with Crippen molar-refractivity contribution in [1.29, 1.82) is 0 Å². The van der Waals surface area contributed by atoms with E-state index in [1.807, 2.05) is 0 Å². The molecule has 4 unspecified atom stereocenters. The minimum Gasteiger partial charge on any atom is -0.353 e. The highest BCUT2D eigenvalue weighted by atomic mass is 16.2. The third-order valence-corrected chi connectivity index (χ3v) is 5.06. The van der Waals surface area contributed by atoms with Crippen molar-refractivity contribution in [2.75, 3.05) is 6.54 Å². The van der Waals surface area contributed by atoms with Gasteiger partial charge in [-0.3, -0.25) is 4.79 Å². The second kappa shape index (κ2) is 4.02. The molecule has 0 spiro atoms. The smallest absolute Gasteiger partial charge is 0.223 e. The van der Waals surface area contributed by atoms with Crippen molar-refractivity contribution in [2.45, 2.75) is 44.6 Å². The fraction of sp³-hybridized carbons (Fsp3) is 0.923. The SMILES string of the molecule is NCC1CC2CC(NC(=O)C3CCC3)C2C1. The first kappa shape index (κ1) is 10.6. The van der Waals surface area contributed by atoms with E-state index in [9.17, 15) is 4.79 Å². The second-order valence-electron chi connectivity index (χ2n) is 5.98. The molecule has 0 heterocycles. The van der Waals surface area contributed by atoms with Gasteiger partial charge < -0.3 is 11.1 Å². The number of nitrogens with one attached hydrogen (secondary N) is 1. The average molecular weight is 222 g/mol. The minimum absolute atomic E-state index is 0.325. The summed E-state index contributed by atoms with van der Waals surface area (Å²) in [6.45, 7) is 0.830. The van der Waals surface area contributed by atoms with Gasteiger partial charge in [-0.25, -0.2) is 0 Å². The van der Waals surface area contributed by atoms with Gasteiger partial charge in [0.05, 0.1) is 0 Å². The highest BCUT2D eigenvalue weighted by molar-refractivity contribution is 5.79. The molecule has 0 aromatic heterocycles. The number of carbonyl (C=O) groups excluding carboxylic acids is 1. The maximum Gasteiger partial charge on any atom is 0.223 e. The van der Waals surface area contributed by atoms with Crippen LogP contribution in [0.5, 0.6) is 0 Å². The summed E-state index contributed by atoms with van der Waals surface area (Å²) in [4.78, 5) is 11.8. The van der Waals surface area contributed by atoms with E-state index in [-0.39, 0.29) is 0 Å². The van der Waals surface area contributed by atoms with Crippen molar-refractivity contribution >= 4 is 5.91 Å². The largest absolute Gasteiger partial charge is 0.353 e. The van der Waals surface area contributed by atoms with Crippen LogP contribution >= 0.6 is 0 Å². The summed E-state index contributed by atoms with van der Waals surface area (Å²) in [6, 6.07) is 0.481. The summed E-state index contributed by atoms with van der Waals surface area (Å²) in [7, 11) is 0. The van der Waals surface area contributed by atoms with Crippen LogP contribution in [0.2, 0.25) is 0 Å². The lowest BCUT2D eigenvalue weighted by Gasteiger charge is -2.42. The Morgan fingerprint density at radius 2 is 2.06 bits per heavy atom. The fourth-order valence-corrected chi connectivity index (χ4v) is 3.67. The van der Waals surface area contributed by atoms with Crippen molar-refractivity contribution in [1.82, 2.24) is 5.32 Å². The third kappa shape index (κ3) is 1.65. The first-order valence-corrected chi connectivity index (χ1v) is 6.78. The maximum absolute atomic E-state index is 11.8. The van der Waals surface area contributed by atoms with Crippen molar-refractivity contribution in [3.63, 3.8) is 0 Å². The highest BCUT2D eigenvalue weighted by Gasteiger charge is 2.48. The molecule has 3 heteroatoms. The summed E-state index contributed by atoms with van der Waals surface area (Å²) in [5.74, 6) is 3.00. The maximum atomic E-state index is 11.8. The Labute approximate surface area is 97.2 Å². The lowest BCUT2D eigenvalue weighted by molar-refractivity contribution is -0.129. The van der Waals surface area contributed by atoms with E-state index in [4.69, 9.17) is 5.73 Å². The molecule has 0 radical (unpaired) electrons. The van der Waals surface area contributed by atoms with E-state index in [0.29, 0.717) is 17.9 Å². The summed E-state index contributed by atoms with van der Waals surface area (Å²) in [5, 5.41) is 3.25. The van der Waals surface area contributed by atoms with Gasteiger partial charge in [-0.05, 0) is 56.4 Å². The Kier molecular flexibility index (Phi) is 2.66. The molecule has 0 bridgehead atoms. The summed E-state index contributed by atoms with van der Waals surface area (Å²) >= 11 is 0. The molecule has 4 atom stereocenters. The molecule has 0 aromatic carbocycles. The van der Waals surface area contributed by atoms with Crippen LogP contribution in [-0.4, -0.2) is 18.5 Å². The Bertz CT molecular complexity index is 288. The number of fused-ring (bicyclic) bond motifs is 1. The molecule has 3 saturated carbocycles. The molecule has 3 fully saturated rings. The molecule has 3 N–H and O–H groups in total. The monoisotopic (exact) mass is 222 g/mol. The second-order valence-corrected chi connectivity index (χ2v) is 5.98. The van der Waals surface area contributed by atoms with Crippen LogP contribution < -0.4 is 11.1 Å². The summed E-state index contributed by atoms with van der Waals surface area (Å²) in [6.07, 6.45) is 7.22. The average Bonchev–Trinajstić information content (AvgIpc) is 2.49. The van der Waals surface area contributed by atoms with Gasteiger partial charge in [0.25, 0.3) is 0 Å². The zero-order valence-corrected chi connectivity index (χ0v) is 9.82. The van der Waals surface area contributed by atoms with Crippen molar-refractivity contribution < 1.29 is 4.79 Å². The number of carbonyl (C=O) groups is 1. The molecule has 0 aliphatic heterocycles. The number of rotatable bonds is 3. The van der Waals surface area contributed by atoms with E-state index >= 15 is 0 Å². The Hall–Kier alpha value is -0.570. The number of hydrogen-bond donors (Lipinski definition) is 2. The molecule has 3 nitrogen and oxygen atoms in total. The molecule has 90 valence electrons. The molecule has 3 aliphatic rings. The predicted octanol–water partition coefficient (Wildman–Crippen LogP) is 1.28. The van der Waals surface area contributed by atoms with Gasteiger partial charge in [0, 0.05) is 12.0 Å². The number of nitrogens with two attached hydrogens (primary N) is 1. The minimum atomic E-state index is 0.325. The van der Waals surface area contributed by atoms with E-state index < -0.39 is 0 Å². The van der Waals surface area contributed by atoms with Crippen LogP contribution in [0, 0.1) is 23.7 Å². The Balaban J connectivity index is 1.49. The van der Waals surface area contributed by atoms with Gasteiger partial charge in [0.1, 0.15) is 0 Å². The van der Waals surface area contributed by atoms with Gasteiger partial charge in [0.2, 0.25) is 5.91 Å². The van der Waals surface area contributed by atoms with Crippen LogP contribution in [0.1, 0.15) is 38.5 Å².